The summed E-state index contributed by atoms with van der Waals surface area (Å²) in [7, 11) is 0. The van der Waals surface area contributed by atoms with Crippen molar-refractivity contribution in [1.82, 2.24) is 10.3 Å². The molecule has 1 N–H and O–H groups in total. The van der Waals surface area contributed by atoms with E-state index in [1.54, 1.807) is 0 Å². The average Bonchev–Trinajstić information content (AvgIpc) is 3.21. The number of benzene rings is 3. The summed E-state index contributed by atoms with van der Waals surface area (Å²) in [6.07, 6.45) is 0. The van der Waals surface area contributed by atoms with Gasteiger partial charge in [0.05, 0.1) is 18.3 Å². The second-order valence-corrected chi connectivity index (χ2v) is 7.56. The van der Waals surface area contributed by atoms with Gasteiger partial charge in [0.1, 0.15) is 0 Å². The third kappa shape index (κ3) is 4.33. The summed E-state index contributed by atoms with van der Waals surface area (Å²) in [4.78, 5) is 12.9. The molecule has 5 heteroatoms. The number of hydrazone groups is 1. The smallest absolute Gasteiger partial charge is 0.330 e. The summed E-state index contributed by atoms with van der Waals surface area (Å²) in [6, 6.07) is 27.4. The first-order valence-corrected chi connectivity index (χ1v) is 10.0. The number of carbonyl (C=O) groups excluding carboxylic acids is 1. The predicted octanol–water partition coefficient (Wildman–Crippen LogP) is 5.61. The SMILES string of the molecule is C[C@H](NC(=O)N1C[C@H](c2ccccc2)C(c2ccc(Cl)cc2)=N1)c1ccccc1. The largest absolute Gasteiger partial charge is 0.338 e. The molecule has 3 aromatic rings. The number of amides is 2. The zero-order valence-electron chi connectivity index (χ0n) is 16.1. The van der Waals surface area contributed by atoms with Crippen LogP contribution in [0.4, 0.5) is 4.79 Å². The van der Waals surface area contributed by atoms with Gasteiger partial charge in [-0.15, -0.1) is 0 Å². The van der Waals surface area contributed by atoms with Crippen LogP contribution in [-0.4, -0.2) is 23.3 Å². The Morgan fingerprint density at radius 1 is 1.00 bits per heavy atom. The first-order valence-electron chi connectivity index (χ1n) is 9.64. The van der Waals surface area contributed by atoms with E-state index in [2.05, 4.69) is 22.6 Å². The first kappa shape index (κ1) is 19.2. The topological polar surface area (TPSA) is 44.7 Å². The molecule has 3 aromatic carbocycles. The number of urea groups is 1. The fraction of sp³-hybridized carbons (Fsp3) is 0.167. The van der Waals surface area contributed by atoms with Crippen LogP contribution in [0.5, 0.6) is 0 Å². The summed E-state index contributed by atoms with van der Waals surface area (Å²) in [5.41, 5.74) is 4.03. The third-order valence-electron chi connectivity index (χ3n) is 5.13. The number of halogens is 1. The minimum Gasteiger partial charge on any atom is -0.330 e. The molecule has 0 saturated carbocycles. The summed E-state index contributed by atoms with van der Waals surface area (Å²) in [5, 5.41) is 9.94. The molecule has 0 saturated heterocycles. The van der Waals surface area contributed by atoms with E-state index in [4.69, 9.17) is 11.6 Å². The molecule has 0 aromatic heterocycles. The van der Waals surface area contributed by atoms with Crippen LogP contribution in [0.3, 0.4) is 0 Å². The molecule has 0 unspecified atom stereocenters. The molecule has 1 aliphatic rings. The molecule has 0 aliphatic carbocycles. The van der Waals surface area contributed by atoms with Crippen molar-refractivity contribution in [1.29, 1.82) is 0 Å². The molecule has 0 fully saturated rings. The minimum atomic E-state index is -0.203. The number of hydrogen-bond donors (Lipinski definition) is 1. The van der Waals surface area contributed by atoms with Crippen LogP contribution >= 0.6 is 11.6 Å². The van der Waals surface area contributed by atoms with E-state index in [0.717, 1.165) is 22.4 Å². The third-order valence-corrected chi connectivity index (χ3v) is 5.38. The monoisotopic (exact) mass is 403 g/mol. The Morgan fingerprint density at radius 2 is 1.62 bits per heavy atom. The summed E-state index contributed by atoms with van der Waals surface area (Å²) >= 11 is 6.05. The highest BCUT2D eigenvalue weighted by atomic mass is 35.5. The van der Waals surface area contributed by atoms with Crippen LogP contribution in [0.1, 0.15) is 35.6 Å². The maximum Gasteiger partial charge on any atom is 0.338 e. The van der Waals surface area contributed by atoms with Crippen molar-refractivity contribution in [2.45, 2.75) is 18.9 Å². The van der Waals surface area contributed by atoms with Gasteiger partial charge >= 0.3 is 6.03 Å². The van der Waals surface area contributed by atoms with E-state index < -0.39 is 0 Å². The van der Waals surface area contributed by atoms with Gasteiger partial charge < -0.3 is 5.32 Å². The van der Waals surface area contributed by atoms with Crippen molar-refractivity contribution in [3.05, 3.63) is 107 Å². The zero-order chi connectivity index (χ0) is 20.2. The Labute approximate surface area is 175 Å². The zero-order valence-corrected chi connectivity index (χ0v) is 16.9. The maximum atomic E-state index is 12.9. The van der Waals surface area contributed by atoms with Crippen LogP contribution in [0.2, 0.25) is 5.02 Å². The van der Waals surface area contributed by atoms with Crippen LogP contribution in [0.15, 0.2) is 90.0 Å². The molecule has 4 nitrogen and oxygen atoms in total. The lowest BCUT2D eigenvalue weighted by Gasteiger charge is -2.19. The Hall–Kier alpha value is -3.11. The van der Waals surface area contributed by atoms with Gasteiger partial charge in [-0.1, -0.05) is 84.4 Å². The van der Waals surface area contributed by atoms with E-state index in [9.17, 15) is 4.79 Å². The summed E-state index contributed by atoms with van der Waals surface area (Å²) in [5.74, 6) is 0.00940. The molecular weight excluding hydrogens is 382 g/mol. The average molecular weight is 404 g/mol. The van der Waals surface area contributed by atoms with Crippen LogP contribution in [0, 0.1) is 0 Å². The van der Waals surface area contributed by atoms with Gasteiger partial charge in [0.2, 0.25) is 0 Å². The van der Waals surface area contributed by atoms with E-state index in [1.807, 2.05) is 79.7 Å². The molecule has 4 rings (SSSR count). The van der Waals surface area contributed by atoms with Crippen molar-refractivity contribution in [3.63, 3.8) is 0 Å². The number of rotatable bonds is 4. The van der Waals surface area contributed by atoms with Crippen molar-refractivity contribution < 1.29 is 4.79 Å². The maximum absolute atomic E-state index is 12.9. The Bertz CT molecular complexity index is 1000. The van der Waals surface area contributed by atoms with Gasteiger partial charge in [0.15, 0.2) is 0 Å². The van der Waals surface area contributed by atoms with E-state index in [-0.39, 0.29) is 18.0 Å². The Morgan fingerprint density at radius 3 is 2.28 bits per heavy atom. The van der Waals surface area contributed by atoms with Gasteiger partial charge in [-0.3, -0.25) is 0 Å². The number of carbonyl (C=O) groups is 1. The van der Waals surface area contributed by atoms with Crippen LogP contribution in [-0.2, 0) is 0 Å². The van der Waals surface area contributed by atoms with Crippen LogP contribution < -0.4 is 5.32 Å². The lowest BCUT2D eigenvalue weighted by Crippen LogP contribution is -2.37. The highest BCUT2D eigenvalue weighted by molar-refractivity contribution is 6.30. The minimum absolute atomic E-state index is 0.00940. The van der Waals surface area contributed by atoms with Crippen molar-refractivity contribution in [2.75, 3.05) is 6.54 Å². The second kappa shape index (κ2) is 8.50. The van der Waals surface area contributed by atoms with E-state index in [0.29, 0.717) is 11.6 Å². The second-order valence-electron chi connectivity index (χ2n) is 7.12. The van der Waals surface area contributed by atoms with Crippen molar-refractivity contribution >= 4 is 23.3 Å². The number of nitrogens with one attached hydrogen (secondary N) is 1. The standard InChI is InChI=1S/C24H22ClN3O/c1-17(18-8-4-2-5-9-18)26-24(29)28-16-22(19-10-6-3-7-11-19)23(27-28)20-12-14-21(25)15-13-20/h2-15,17,22H,16H2,1H3,(H,26,29)/t17-,22+/m0/s1. The van der Waals surface area contributed by atoms with Crippen LogP contribution in [0.25, 0.3) is 0 Å². The van der Waals surface area contributed by atoms with Gasteiger partial charge in [0.25, 0.3) is 0 Å². The fourth-order valence-electron chi connectivity index (χ4n) is 3.54. The highest BCUT2D eigenvalue weighted by Gasteiger charge is 2.32. The summed E-state index contributed by atoms with van der Waals surface area (Å²) < 4.78 is 0. The molecule has 0 spiro atoms. The molecule has 146 valence electrons. The lowest BCUT2D eigenvalue weighted by atomic mass is 9.91. The number of hydrogen-bond acceptors (Lipinski definition) is 2. The molecule has 1 aliphatic heterocycles. The van der Waals surface area contributed by atoms with E-state index in [1.165, 1.54) is 5.01 Å². The molecule has 1 heterocycles. The van der Waals surface area contributed by atoms with Gasteiger partial charge in [-0.2, -0.15) is 5.10 Å². The van der Waals surface area contributed by atoms with Gasteiger partial charge in [-0.05, 0) is 35.7 Å². The quantitative estimate of drug-likeness (QED) is 0.604. The molecule has 29 heavy (non-hydrogen) atoms. The normalized spacial score (nSPS) is 17.0. The molecule has 2 atom stereocenters. The Kier molecular flexibility index (Phi) is 5.63. The van der Waals surface area contributed by atoms with Crippen molar-refractivity contribution in [3.8, 4) is 0 Å². The lowest BCUT2D eigenvalue weighted by molar-refractivity contribution is 0.200. The highest BCUT2D eigenvalue weighted by Crippen LogP contribution is 2.29. The molecule has 0 radical (unpaired) electrons. The molecular formula is C24H22ClN3O. The number of nitrogens with zero attached hydrogens (tertiary/aromatic N) is 2. The van der Waals surface area contributed by atoms with Gasteiger partial charge in [0, 0.05) is 10.9 Å². The Balaban J connectivity index is 1.59. The molecule has 2 amide bonds. The molecule has 0 bridgehead atoms. The van der Waals surface area contributed by atoms with Crippen molar-refractivity contribution in [2.24, 2.45) is 5.10 Å². The van der Waals surface area contributed by atoms with Gasteiger partial charge in [-0.25, -0.2) is 9.80 Å². The van der Waals surface area contributed by atoms with E-state index >= 15 is 0 Å². The first-order chi connectivity index (χ1) is 14.1. The fourth-order valence-corrected chi connectivity index (χ4v) is 3.67. The predicted molar refractivity (Wildman–Crippen MR) is 117 cm³/mol. The summed E-state index contributed by atoms with van der Waals surface area (Å²) in [6.45, 7) is 2.47.